The predicted octanol–water partition coefficient (Wildman–Crippen LogP) is 4.24. The van der Waals surface area contributed by atoms with Crippen LogP contribution in [0.2, 0.25) is 0 Å². The molecule has 0 spiro atoms. The van der Waals surface area contributed by atoms with Gasteiger partial charge < -0.3 is 5.32 Å². The second kappa shape index (κ2) is 7.05. The summed E-state index contributed by atoms with van der Waals surface area (Å²) in [6.07, 6.45) is 7.07. The standard InChI is InChI=1S/C17H22N2/c1-3-5-10-16(18-12-4-2)17-15-9-7-6-8-14(15)11-13-19-17/h3,6-9,11,13,16,18H,1,4-5,10,12H2,2H3. The molecule has 1 heterocycles. The smallest absolute Gasteiger partial charge is 0.0651 e. The number of nitrogens with one attached hydrogen (secondary N) is 1. The van der Waals surface area contributed by atoms with Gasteiger partial charge in [0.2, 0.25) is 0 Å². The predicted molar refractivity (Wildman–Crippen MR) is 82.2 cm³/mol. The second-order valence-electron chi connectivity index (χ2n) is 4.79. The molecule has 2 nitrogen and oxygen atoms in total. The summed E-state index contributed by atoms with van der Waals surface area (Å²) in [4.78, 5) is 4.62. The van der Waals surface area contributed by atoms with Crippen LogP contribution in [0.5, 0.6) is 0 Å². The van der Waals surface area contributed by atoms with E-state index in [2.05, 4.69) is 54.1 Å². The van der Waals surface area contributed by atoms with E-state index in [0.29, 0.717) is 6.04 Å². The molecule has 1 atom stereocenters. The van der Waals surface area contributed by atoms with E-state index < -0.39 is 0 Å². The fourth-order valence-corrected chi connectivity index (χ4v) is 2.36. The topological polar surface area (TPSA) is 24.9 Å². The Morgan fingerprint density at radius 2 is 2.16 bits per heavy atom. The summed E-state index contributed by atoms with van der Waals surface area (Å²) in [5, 5.41) is 6.11. The van der Waals surface area contributed by atoms with Gasteiger partial charge in [-0.1, -0.05) is 37.3 Å². The largest absolute Gasteiger partial charge is 0.309 e. The number of allylic oxidation sites excluding steroid dienone is 1. The Morgan fingerprint density at radius 3 is 2.95 bits per heavy atom. The van der Waals surface area contributed by atoms with Gasteiger partial charge in [0.15, 0.2) is 0 Å². The third kappa shape index (κ3) is 3.42. The van der Waals surface area contributed by atoms with Crippen molar-refractivity contribution >= 4 is 10.8 Å². The van der Waals surface area contributed by atoms with Crippen molar-refractivity contribution < 1.29 is 0 Å². The van der Waals surface area contributed by atoms with Crippen LogP contribution in [0, 0.1) is 0 Å². The summed E-state index contributed by atoms with van der Waals surface area (Å²) in [6.45, 7) is 7.03. The first-order valence-corrected chi connectivity index (χ1v) is 7.04. The highest BCUT2D eigenvalue weighted by atomic mass is 14.9. The highest BCUT2D eigenvalue weighted by Crippen LogP contribution is 2.25. The molecule has 2 heteroatoms. The van der Waals surface area contributed by atoms with Crippen molar-refractivity contribution in [2.24, 2.45) is 0 Å². The van der Waals surface area contributed by atoms with E-state index in [1.807, 2.05) is 12.3 Å². The summed E-state index contributed by atoms with van der Waals surface area (Å²) in [7, 11) is 0. The maximum atomic E-state index is 4.62. The van der Waals surface area contributed by atoms with Gasteiger partial charge in [0.25, 0.3) is 0 Å². The van der Waals surface area contributed by atoms with Crippen molar-refractivity contribution in [1.82, 2.24) is 10.3 Å². The molecule has 1 N–H and O–H groups in total. The summed E-state index contributed by atoms with van der Waals surface area (Å²) < 4.78 is 0. The Morgan fingerprint density at radius 1 is 1.32 bits per heavy atom. The van der Waals surface area contributed by atoms with Gasteiger partial charge in [0.1, 0.15) is 0 Å². The van der Waals surface area contributed by atoms with Crippen LogP contribution in [0.1, 0.15) is 37.9 Å². The van der Waals surface area contributed by atoms with Gasteiger partial charge >= 0.3 is 0 Å². The minimum Gasteiger partial charge on any atom is -0.309 e. The zero-order valence-electron chi connectivity index (χ0n) is 11.6. The molecule has 0 aliphatic carbocycles. The van der Waals surface area contributed by atoms with Gasteiger partial charge in [-0.25, -0.2) is 0 Å². The minimum atomic E-state index is 0.309. The maximum absolute atomic E-state index is 4.62. The third-order valence-corrected chi connectivity index (χ3v) is 3.33. The highest BCUT2D eigenvalue weighted by Gasteiger charge is 2.14. The van der Waals surface area contributed by atoms with Crippen molar-refractivity contribution in [2.45, 2.75) is 32.2 Å². The molecular weight excluding hydrogens is 232 g/mol. The molecule has 0 saturated heterocycles. The fraction of sp³-hybridized carbons (Fsp3) is 0.353. The Bertz CT molecular complexity index is 528. The zero-order valence-corrected chi connectivity index (χ0v) is 11.6. The highest BCUT2D eigenvalue weighted by molar-refractivity contribution is 5.84. The average Bonchev–Trinajstić information content (AvgIpc) is 2.47. The van der Waals surface area contributed by atoms with E-state index in [9.17, 15) is 0 Å². The van der Waals surface area contributed by atoms with Crippen molar-refractivity contribution in [3.05, 3.63) is 54.9 Å². The van der Waals surface area contributed by atoms with Gasteiger partial charge in [0.05, 0.1) is 11.7 Å². The van der Waals surface area contributed by atoms with E-state index in [4.69, 9.17) is 0 Å². The second-order valence-corrected chi connectivity index (χ2v) is 4.79. The summed E-state index contributed by atoms with van der Waals surface area (Å²) in [5.41, 5.74) is 1.16. The minimum absolute atomic E-state index is 0.309. The first-order chi connectivity index (χ1) is 9.36. The molecular formula is C17H22N2. The van der Waals surface area contributed by atoms with E-state index in [1.54, 1.807) is 0 Å². The Kier molecular flexibility index (Phi) is 5.10. The average molecular weight is 254 g/mol. The molecule has 100 valence electrons. The lowest BCUT2D eigenvalue weighted by Gasteiger charge is -2.19. The molecule has 1 aromatic heterocycles. The molecule has 1 unspecified atom stereocenters. The Labute approximate surface area is 115 Å². The first-order valence-electron chi connectivity index (χ1n) is 7.04. The summed E-state index contributed by atoms with van der Waals surface area (Å²) >= 11 is 0. The van der Waals surface area contributed by atoms with Gasteiger partial charge in [0, 0.05) is 11.6 Å². The summed E-state index contributed by atoms with van der Waals surface area (Å²) in [6, 6.07) is 10.8. The third-order valence-electron chi connectivity index (χ3n) is 3.33. The van der Waals surface area contributed by atoms with E-state index in [-0.39, 0.29) is 0 Å². The van der Waals surface area contributed by atoms with Crippen LogP contribution in [0.15, 0.2) is 49.2 Å². The number of hydrogen-bond donors (Lipinski definition) is 1. The summed E-state index contributed by atoms with van der Waals surface area (Å²) in [5.74, 6) is 0. The van der Waals surface area contributed by atoms with E-state index in [1.165, 1.54) is 10.8 Å². The number of fused-ring (bicyclic) bond motifs is 1. The lowest BCUT2D eigenvalue weighted by molar-refractivity contribution is 0.496. The molecule has 0 amide bonds. The Balaban J connectivity index is 2.33. The molecule has 2 aromatic rings. The van der Waals surface area contributed by atoms with Crippen molar-refractivity contribution in [2.75, 3.05) is 6.54 Å². The number of hydrogen-bond acceptors (Lipinski definition) is 2. The number of nitrogens with zero attached hydrogens (tertiary/aromatic N) is 1. The molecule has 0 radical (unpaired) electrons. The number of pyridine rings is 1. The fourth-order valence-electron chi connectivity index (χ4n) is 2.36. The Hall–Kier alpha value is -1.67. The molecule has 0 saturated carbocycles. The van der Waals surface area contributed by atoms with E-state index in [0.717, 1.165) is 31.5 Å². The van der Waals surface area contributed by atoms with Crippen LogP contribution in [0.4, 0.5) is 0 Å². The molecule has 0 aliphatic heterocycles. The van der Waals surface area contributed by atoms with Crippen LogP contribution < -0.4 is 5.32 Å². The monoisotopic (exact) mass is 254 g/mol. The van der Waals surface area contributed by atoms with Crippen LogP contribution in [0.3, 0.4) is 0 Å². The molecule has 2 rings (SSSR count). The number of aromatic nitrogens is 1. The molecule has 0 bridgehead atoms. The normalized spacial score (nSPS) is 12.5. The SMILES string of the molecule is C=CCCC(NCCC)c1nccc2ccccc12. The molecule has 0 fully saturated rings. The molecule has 0 aliphatic rings. The lowest BCUT2D eigenvalue weighted by Crippen LogP contribution is -2.23. The van der Waals surface area contributed by atoms with Gasteiger partial charge in [-0.2, -0.15) is 0 Å². The van der Waals surface area contributed by atoms with Crippen LogP contribution in [-0.4, -0.2) is 11.5 Å². The zero-order chi connectivity index (χ0) is 13.5. The first kappa shape index (κ1) is 13.8. The van der Waals surface area contributed by atoms with Crippen LogP contribution in [0.25, 0.3) is 10.8 Å². The van der Waals surface area contributed by atoms with Gasteiger partial charge in [-0.05, 0) is 37.3 Å². The number of rotatable bonds is 7. The van der Waals surface area contributed by atoms with Crippen LogP contribution >= 0.6 is 0 Å². The quantitative estimate of drug-likeness (QED) is 0.747. The van der Waals surface area contributed by atoms with Crippen molar-refractivity contribution in [3.63, 3.8) is 0 Å². The van der Waals surface area contributed by atoms with Crippen LogP contribution in [-0.2, 0) is 0 Å². The van der Waals surface area contributed by atoms with Gasteiger partial charge in [-0.3, -0.25) is 4.98 Å². The maximum Gasteiger partial charge on any atom is 0.0651 e. The molecule has 1 aromatic carbocycles. The van der Waals surface area contributed by atoms with Crippen molar-refractivity contribution in [1.29, 1.82) is 0 Å². The van der Waals surface area contributed by atoms with E-state index >= 15 is 0 Å². The number of benzene rings is 1. The molecule has 19 heavy (non-hydrogen) atoms. The van der Waals surface area contributed by atoms with Gasteiger partial charge in [-0.15, -0.1) is 6.58 Å². The van der Waals surface area contributed by atoms with Crippen molar-refractivity contribution in [3.8, 4) is 0 Å². The lowest BCUT2D eigenvalue weighted by atomic mass is 10.0.